The predicted molar refractivity (Wildman–Crippen MR) is 121 cm³/mol. The Hall–Kier alpha value is -3.58. The van der Waals surface area contributed by atoms with Gasteiger partial charge in [0.2, 0.25) is 5.95 Å². The smallest absolute Gasteiger partial charge is 0.406 e. The first kappa shape index (κ1) is 25.1. The summed E-state index contributed by atoms with van der Waals surface area (Å²) in [4.78, 5) is 8.50. The topological polar surface area (TPSA) is 125 Å². The molecule has 2 aromatic carbocycles. The molecule has 4 N–H and O–H groups in total. The number of alkyl halides is 3. The van der Waals surface area contributed by atoms with E-state index in [4.69, 9.17) is 4.55 Å². The first-order valence-corrected chi connectivity index (χ1v) is 11.5. The van der Waals surface area contributed by atoms with Gasteiger partial charge in [0.1, 0.15) is 5.75 Å². The van der Waals surface area contributed by atoms with Crippen molar-refractivity contribution in [1.29, 1.82) is 0 Å². The summed E-state index contributed by atoms with van der Waals surface area (Å²) in [6, 6.07) is 12.2. The van der Waals surface area contributed by atoms with E-state index in [1.807, 2.05) is 13.8 Å². The lowest BCUT2D eigenvalue weighted by Crippen LogP contribution is -2.18. The molecule has 3 rings (SSSR count). The Morgan fingerprint density at radius 3 is 2.38 bits per heavy atom. The first-order valence-electron chi connectivity index (χ1n) is 10.0. The summed E-state index contributed by atoms with van der Waals surface area (Å²) >= 11 is 0. The number of rotatable bonds is 9. The van der Waals surface area contributed by atoms with Crippen LogP contribution in [0.2, 0.25) is 0 Å². The number of aromatic nitrogens is 2. The van der Waals surface area contributed by atoms with Crippen molar-refractivity contribution in [2.45, 2.75) is 37.6 Å². The van der Waals surface area contributed by atoms with Crippen LogP contribution in [0, 0.1) is 0 Å². The molecule has 13 heteroatoms. The number of anilines is 3. The molecule has 1 heterocycles. The van der Waals surface area contributed by atoms with Crippen LogP contribution in [0.25, 0.3) is 11.3 Å². The molecule has 0 saturated heterocycles. The van der Waals surface area contributed by atoms with Crippen molar-refractivity contribution in [3.8, 4) is 17.0 Å². The predicted octanol–water partition coefficient (Wildman–Crippen LogP) is 4.94. The second kappa shape index (κ2) is 10.1. The van der Waals surface area contributed by atoms with Crippen LogP contribution in [0.4, 0.5) is 30.6 Å². The van der Waals surface area contributed by atoms with Gasteiger partial charge in [-0.3, -0.25) is 15.4 Å². The molecule has 0 unspecified atom stereocenters. The van der Waals surface area contributed by atoms with Crippen LogP contribution < -0.4 is 20.9 Å². The van der Waals surface area contributed by atoms with E-state index in [1.165, 1.54) is 48.5 Å². The van der Waals surface area contributed by atoms with Crippen molar-refractivity contribution in [1.82, 2.24) is 9.97 Å². The third kappa shape index (κ3) is 7.22. The SMILES string of the molecule is CC[C@H](C)Nc1nc(NNc2ccc(S(=O)(=O)O)cc2)cc(-c2cccc(OC(F)(F)F)c2)n1. The Morgan fingerprint density at radius 1 is 1.06 bits per heavy atom. The molecule has 0 radical (unpaired) electrons. The molecule has 0 fully saturated rings. The number of ether oxygens (including phenoxy) is 1. The van der Waals surface area contributed by atoms with Crippen LogP contribution in [-0.2, 0) is 10.1 Å². The number of hydrogen-bond donors (Lipinski definition) is 4. The van der Waals surface area contributed by atoms with Gasteiger partial charge in [-0.15, -0.1) is 13.2 Å². The maximum Gasteiger partial charge on any atom is 0.573 e. The van der Waals surface area contributed by atoms with Crippen LogP contribution >= 0.6 is 0 Å². The maximum atomic E-state index is 12.6. The first-order chi connectivity index (χ1) is 15.9. The lowest BCUT2D eigenvalue weighted by atomic mass is 10.1. The molecule has 3 aromatic rings. The van der Waals surface area contributed by atoms with Gasteiger partial charge in [0, 0.05) is 17.7 Å². The van der Waals surface area contributed by atoms with Gasteiger partial charge in [0.05, 0.1) is 16.3 Å². The molecule has 0 bridgehead atoms. The van der Waals surface area contributed by atoms with E-state index in [0.29, 0.717) is 16.9 Å². The number of nitrogens with zero attached hydrogens (tertiary/aromatic N) is 2. The van der Waals surface area contributed by atoms with Crippen LogP contribution in [0.3, 0.4) is 0 Å². The second-order valence-electron chi connectivity index (χ2n) is 7.24. The van der Waals surface area contributed by atoms with Crippen LogP contribution in [0.15, 0.2) is 59.5 Å². The van der Waals surface area contributed by atoms with Gasteiger partial charge in [-0.2, -0.15) is 13.4 Å². The zero-order chi connectivity index (χ0) is 24.9. The van der Waals surface area contributed by atoms with E-state index < -0.39 is 16.5 Å². The van der Waals surface area contributed by atoms with Crippen molar-refractivity contribution < 1.29 is 30.9 Å². The zero-order valence-corrected chi connectivity index (χ0v) is 18.9. The molecule has 0 aliphatic rings. The molecule has 9 nitrogen and oxygen atoms in total. The molecule has 1 atom stereocenters. The fourth-order valence-electron chi connectivity index (χ4n) is 2.75. The molecule has 0 amide bonds. The number of hydrogen-bond acceptors (Lipinski definition) is 8. The maximum absolute atomic E-state index is 12.6. The Morgan fingerprint density at radius 2 is 1.76 bits per heavy atom. The Labute approximate surface area is 194 Å². The van der Waals surface area contributed by atoms with Gasteiger partial charge >= 0.3 is 6.36 Å². The van der Waals surface area contributed by atoms with E-state index in [-0.39, 0.29) is 28.5 Å². The van der Waals surface area contributed by atoms with E-state index in [1.54, 1.807) is 6.07 Å². The van der Waals surface area contributed by atoms with E-state index in [9.17, 15) is 21.6 Å². The summed E-state index contributed by atoms with van der Waals surface area (Å²) in [5.74, 6) is 0.156. The molecule has 182 valence electrons. The minimum atomic E-state index is -4.82. The number of nitrogens with one attached hydrogen (secondary N) is 3. The van der Waals surface area contributed by atoms with Crippen LogP contribution in [0.5, 0.6) is 5.75 Å². The fourth-order valence-corrected chi connectivity index (χ4v) is 3.23. The molecule has 0 spiro atoms. The van der Waals surface area contributed by atoms with Gasteiger partial charge in [0.25, 0.3) is 10.1 Å². The molecule has 0 aliphatic carbocycles. The lowest BCUT2D eigenvalue weighted by molar-refractivity contribution is -0.274. The zero-order valence-electron chi connectivity index (χ0n) is 18.1. The molecule has 1 aromatic heterocycles. The van der Waals surface area contributed by atoms with Crippen molar-refractivity contribution >= 4 is 27.6 Å². The standard InChI is InChI=1S/C21H22F3N5O4S/c1-3-13(2)25-20-26-18(14-5-4-6-16(11-14)33-21(22,23)24)12-19(27-20)29-28-15-7-9-17(10-8-15)34(30,31)32/h4-13,28H,3H2,1-2H3,(H,30,31,32)(H2,25,26,27,29)/t13-/m0/s1. The summed E-state index contributed by atoms with van der Waals surface area (Å²) in [7, 11) is -4.32. The Bertz CT molecular complexity index is 1240. The summed E-state index contributed by atoms with van der Waals surface area (Å²) in [6.07, 6.45) is -4.04. The highest BCUT2D eigenvalue weighted by atomic mass is 32.2. The van der Waals surface area contributed by atoms with E-state index >= 15 is 0 Å². The van der Waals surface area contributed by atoms with Crippen LogP contribution in [-0.4, -0.2) is 35.3 Å². The highest BCUT2D eigenvalue weighted by Crippen LogP contribution is 2.29. The van der Waals surface area contributed by atoms with Gasteiger partial charge in [0.15, 0.2) is 5.82 Å². The molecule has 34 heavy (non-hydrogen) atoms. The van der Waals surface area contributed by atoms with E-state index in [2.05, 4.69) is 30.9 Å². The Balaban J connectivity index is 1.88. The third-order valence-corrected chi connectivity index (χ3v) is 5.43. The van der Waals surface area contributed by atoms with Gasteiger partial charge in [-0.1, -0.05) is 19.1 Å². The third-order valence-electron chi connectivity index (χ3n) is 4.56. The van der Waals surface area contributed by atoms with Gasteiger partial charge < -0.3 is 10.1 Å². The van der Waals surface area contributed by atoms with Gasteiger partial charge in [-0.25, -0.2) is 4.98 Å². The molecule has 0 saturated carbocycles. The average molecular weight is 497 g/mol. The average Bonchev–Trinajstić information content (AvgIpc) is 2.76. The lowest BCUT2D eigenvalue weighted by Gasteiger charge is -2.16. The second-order valence-corrected chi connectivity index (χ2v) is 8.66. The molecular weight excluding hydrogens is 475 g/mol. The number of halogens is 3. The largest absolute Gasteiger partial charge is 0.573 e. The van der Waals surface area contributed by atoms with Crippen molar-refractivity contribution in [2.24, 2.45) is 0 Å². The van der Waals surface area contributed by atoms with E-state index in [0.717, 1.165) is 6.42 Å². The highest BCUT2D eigenvalue weighted by molar-refractivity contribution is 7.85. The Kier molecular flexibility index (Phi) is 7.47. The van der Waals surface area contributed by atoms with Gasteiger partial charge in [-0.05, 0) is 49.7 Å². The van der Waals surface area contributed by atoms with Crippen molar-refractivity contribution in [2.75, 3.05) is 16.2 Å². The van der Waals surface area contributed by atoms with Crippen molar-refractivity contribution in [3.63, 3.8) is 0 Å². The number of benzene rings is 2. The normalized spacial score (nSPS) is 12.6. The monoisotopic (exact) mass is 497 g/mol. The summed E-state index contributed by atoms with van der Waals surface area (Å²) in [6.45, 7) is 3.90. The minimum absolute atomic E-state index is 0.0314. The fraction of sp³-hybridized carbons (Fsp3) is 0.238. The quantitative estimate of drug-likeness (QED) is 0.240. The number of hydrazine groups is 1. The van der Waals surface area contributed by atoms with Crippen molar-refractivity contribution in [3.05, 3.63) is 54.6 Å². The minimum Gasteiger partial charge on any atom is -0.406 e. The summed E-state index contributed by atoms with van der Waals surface area (Å²) < 4.78 is 73.3. The molecular formula is C21H22F3N5O4S. The van der Waals surface area contributed by atoms with Crippen LogP contribution in [0.1, 0.15) is 20.3 Å². The summed E-state index contributed by atoms with van der Waals surface area (Å²) in [5.41, 5.74) is 6.85. The summed E-state index contributed by atoms with van der Waals surface area (Å²) in [5, 5.41) is 3.12. The highest BCUT2D eigenvalue weighted by Gasteiger charge is 2.31. The molecule has 0 aliphatic heterocycles.